The number of benzene rings is 1. The van der Waals surface area contributed by atoms with Crippen LogP contribution in [-0.4, -0.2) is 10.7 Å². The second-order valence-corrected chi connectivity index (χ2v) is 4.65. The Labute approximate surface area is 84.2 Å². The van der Waals surface area contributed by atoms with Crippen molar-refractivity contribution in [3.8, 4) is 6.07 Å². The highest BCUT2D eigenvalue weighted by Crippen LogP contribution is 2.28. The Morgan fingerprint density at radius 2 is 2.31 bits per heavy atom. The van der Waals surface area contributed by atoms with E-state index in [1.165, 1.54) is 16.5 Å². The molecule has 1 aromatic heterocycles. The predicted molar refractivity (Wildman–Crippen MR) is 56.0 cm³/mol. The van der Waals surface area contributed by atoms with E-state index in [-0.39, 0.29) is 0 Å². The predicted octanol–water partition coefficient (Wildman–Crippen LogP) is 2.91. The van der Waals surface area contributed by atoms with Crippen molar-refractivity contribution >= 4 is 33.3 Å². The number of nitrogens with zero attached hydrogens (tertiary/aromatic N) is 2. The van der Waals surface area contributed by atoms with Gasteiger partial charge in [0, 0.05) is 0 Å². The van der Waals surface area contributed by atoms with E-state index in [1.54, 1.807) is 11.3 Å². The third kappa shape index (κ3) is 1.82. The molecule has 0 atom stereocenters. The third-order valence-electron chi connectivity index (χ3n) is 1.53. The standard InChI is InChI=1S/C9H6N2S2/c10-5-6-12-9-11-7-3-1-2-4-8(7)13-9/h1-4H,6H2. The van der Waals surface area contributed by atoms with Gasteiger partial charge in [-0.1, -0.05) is 23.9 Å². The Bertz CT molecular complexity index is 423. The maximum absolute atomic E-state index is 8.41. The van der Waals surface area contributed by atoms with Gasteiger partial charge in [0.2, 0.25) is 0 Å². The van der Waals surface area contributed by atoms with Crippen molar-refractivity contribution in [2.45, 2.75) is 4.34 Å². The molecular formula is C9H6N2S2. The van der Waals surface area contributed by atoms with Crippen LogP contribution in [0.15, 0.2) is 28.6 Å². The summed E-state index contributed by atoms with van der Waals surface area (Å²) < 4.78 is 2.16. The Morgan fingerprint density at radius 1 is 1.46 bits per heavy atom. The van der Waals surface area contributed by atoms with E-state index >= 15 is 0 Å². The number of para-hydroxylation sites is 1. The summed E-state index contributed by atoms with van der Waals surface area (Å²) in [6, 6.07) is 10.1. The van der Waals surface area contributed by atoms with Gasteiger partial charge < -0.3 is 0 Å². The SMILES string of the molecule is N#CCSc1nc2ccccc2s1. The fourth-order valence-electron chi connectivity index (χ4n) is 1.01. The zero-order chi connectivity index (χ0) is 9.10. The summed E-state index contributed by atoms with van der Waals surface area (Å²) in [4.78, 5) is 4.38. The summed E-state index contributed by atoms with van der Waals surface area (Å²) in [7, 11) is 0. The van der Waals surface area contributed by atoms with Crippen LogP contribution in [0.2, 0.25) is 0 Å². The first-order valence-electron chi connectivity index (χ1n) is 3.75. The molecular weight excluding hydrogens is 200 g/mol. The Morgan fingerprint density at radius 3 is 3.08 bits per heavy atom. The van der Waals surface area contributed by atoms with Gasteiger partial charge in [-0.3, -0.25) is 0 Å². The summed E-state index contributed by atoms with van der Waals surface area (Å²) in [5, 5.41) is 8.41. The first-order chi connectivity index (χ1) is 6.40. The monoisotopic (exact) mass is 206 g/mol. The van der Waals surface area contributed by atoms with Gasteiger partial charge in [0.1, 0.15) is 0 Å². The lowest BCUT2D eigenvalue weighted by Crippen LogP contribution is -1.70. The minimum absolute atomic E-state index is 0.472. The van der Waals surface area contributed by atoms with Crippen LogP contribution in [0.5, 0.6) is 0 Å². The number of rotatable bonds is 2. The van der Waals surface area contributed by atoms with Crippen LogP contribution in [0.3, 0.4) is 0 Å². The van der Waals surface area contributed by atoms with Crippen LogP contribution in [0.25, 0.3) is 10.2 Å². The molecule has 0 fully saturated rings. The number of hydrogen-bond donors (Lipinski definition) is 0. The van der Waals surface area contributed by atoms with Crippen molar-refractivity contribution in [2.75, 3.05) is 5.75 Å². The van der Waals surface area contributed by atoms with Crippen LogP contribution in [-0.2, 0) is 0 Å². The van der Waals surface area contributed by atoms with Crippen molar-refractivity contribution in [1.29, 1.82) is 5.26 Å². The van der Waals surface area contributed by atoms with Crippen LogP contribution in [0.1, 0.15) is 0 Å². The molecule has 0 N–H and O–H groups in total. The van der Waals surface area contributed by atoms with Crippen LogP contribution in [0, 0.1) is 11.3 Å². The van der Waals surface area contributed by atoms with Gasteiger partial charge in [-0.2, -0.15) is 5.26 Å². The van der Waals surface area contributed by atoms with E-state index < -0.39 is 0 Å². The van der Waals surface area contributed by atoms with Gasteiger partial charge >= 0.3 is 0 Å². The third-order valence-corrected chi connectivity index (χ3v) is 3.58. The van der Waals surface area contributed by atoms with E-state index in [0.717, 1.165) is 9.86 Å². The number of thioether (sulfide) groups is 1. The summed E-state index contributed by atoms with van der Waals surface area (Å²) in [5.41, 5.74) is 1.02. The van der Waals surface area contributed by atoms with Gasteiger partial charge in [0.25, 0.3) is 0 Å². The topological polar surface area (TPSA) is 36.7 Å². The minimum Gasteiger partial charge on any atom is -0.230 e. The molecule has 0 aliphatic rings. The molecule has 0 amide bonds. The lowest BCUT2D eigenvalue weighted by molar-refractivity contribution is 1.30. The number of hydrogen-bond acceptors (Lipinski definition) is 4. The zero-order valence-corrected chi connectivity index (χ0v) is 8.36. The molecule has 13 heavy (non-hydrogen) atoms. The lowest BCUT2D eigenvalue weighted by atomic mass is 10.3. The fraction of sp³-hybridized carbons (Fsp3) is 0.111. The molecule has 1 aromatic carbocycles. The van der Waals surface area contributed by atoms with Crippen molar-refractivity contribution in [2.24, 2.45) is 0 Å². The number of fused-ring (bicyclic) bond motifs is 1. The van der Waals surface area contributed by atoms with Gasteiger partial charge in [-0.25, -0.2) is 4.98 Å². The molecule has 0 aliphatic heterocycles. The number of aromatic nitrogens is 1. The summed E-state index contributed by atoms with van der Waals surface area (Å²) >= 11 is 3.13. The fourth-order valence-corrected chi connectivity index (χ4v) is 2.74. The molecule has 2 nitrogen and oxygen atoms in total. The smallest absolute Gasteiger partial charge is 0.152 e. The second-order valence-electron chi connectivity index (χ2n) is 2.39. The van der Waals surface area contributed by atoms with Crippen LogP contribution in [0.4, 0.5) is 0 Å². The average molecular weight is 206 g/mol. The maximum Gasteiger partial charge on any atom is 0.152 e. The van der Waals surface area contributed by atoms with Crippen LogP contribution < -0.4 is 0 Å². The molecule has 1 heterocycles. The van der Waals surface area contributed by atoms with Gasteiger partial charge in [0.05, 0.1) is 22.0 Å². The molecule has 0 bridgehead atoms. The maximum atomic E-state index is 8.41. The molecule has 0 unspecified atom stereocenters. The summed E-state index contributed by atoms with van der Waals surface area (Å²) in [6.07, 6.45) is 0. The van der Waals surface area contributed by atoms with Crippen molar-refractivity contribution in [3.05, 3.63) is 24.3 Å². The van der Waals surface area contributed by atoms with E-state index in [4.69, 9.17) is 5.26 Å². The highest BCUT2D eigenvalue weighted by atomic mass is 32.2. The summed E-state index contributed by atoms with van der Waals surface area (Å²) in [5.74, 6) is 0.472. The first-order valence-corrected chi connectivity index (χ1v) is 5.55. The van der Waals surface area contributed by atoms with Gasteiger partial charge in [0.15, 0.2) is 4.34 Å². The van der Waals surface area contributed by atoms with Crippen molar-refractivity contribution < 1.29 is 0 Å². The minimum atomic E-state index is 0.472. The van der Waals surface area contributed by atoms with E-state index in [9.17, 15) is 0 Å². The quantitative estimate of drug-likeness (QED) is 0.709. The van der Waals surface area contributed by atoms with Crippen molar-refractivity contribution in [1.82, 2.24) is 4.98 Å². The largest absolute Gasteiger partial charge is 0.230 e. The zero-order valence-electron chi connectivity index (χ0n) is 6.73. The molecule has 0 saturated carbocycles. The Hall–Kier alpha value is -1.05. The first kappa shape index (κ1) is 8.54. The molecule has 64 valence electrons. The Balaban J connectivity index is 2.34. The highest BCUT2D eigenvalue weighted by Gasteiger charge is 2.01. The molecule has 4 heteroatoms. The number of nitriles is 1. The molecule has 2 aromatic rings. The van der Waals surface area contributed by atoms with Gasteiger partial charge in [-0.05, 0) is 12.1 Å². The number of thiazole rings is 1. The van der Waals surface area contributed by atoms with E-state index in [1.807, 2.05) is 24.3 Å². The van der Waals surface area contributed by atoms with E-state index in [2.05, 4.69) is 11.1 Å². The lowest BCUT2D eigenvalue weighted by Gasteiger charge is -1.83. The average Bonchev–Trinajstić information content (AvgIpc) is 2.57. The summed E-state index contributed by atoms with van der Waals surface area (Å²) in [6.45, 7) is 0. The Kier molecular flexibility index (Phi) is 2.48. The molecule has 0 spiro atoms. The van der Waals surface area contributed by atoms with Crippen molar-refractivity contribution in [3.63, 3.8) is 0 Å². The normalized spacial score (nSPS) is 10.1. The molecule has 0 saturated heterocycles. The highest BCUT2D eigenvalue weighted by molar-refractivity contribution is 8.01. The second kappa shape index (κ2) is 3.77. The van der Waals surface area contributed by atoms with E-state index in [0.29, 0.717) is 5.75 Å². The molecule has 0 radical (unpaired) electrons. The molecule has 2 rings (SSSR count). The molecule has 0 aliphatic carbocycles. The van der Waals surface area contributed by atoms with Crippen LogP contribution >= 0.6 is 23.1 Å². The van der Waals surface area contributed by atoms with Gasteiger partial charge in [-0.15, -0.1) is 11.3 Å².